The molecule has 3 heteroatoms. The Morgan fingerprint density at radius 1 is 1.00 bits per heavy atom. The second-order valence-corrected chi connectivity index (χ2v) is 5.43. The highest BCUT2D eigenvalue weighted by atomic mass is 32.1. The fourth-order valence-electron chi connectivity index (χ4n) is 2.22. The molecule has 3 N–H and O–H groups in total. The Morgan fingerprint density at radius 2 is 1.79 bits per heavy atom. The predicted molar refractivity (Wildman–Crippen MR) is 84.9 cm³/mol. The number of hydrogen-bond acceptors (Lipinski definition) is 3. The Labute approximate surface area is 116 Å². The molecule has 3 rings (SSSR count). The van der Waals surface area contributed by atoms with Crippen molar-refractivity contribution in [3.05, 3.63) is 59.5 Å². The smallest absolute Gasteiger partial charge is 0.0574 e. The van der Waals surface area contributed by atoms with Crippen LogP contribution >= 0.6 is 11.3 Å². The Balaban J connectivity index is 1.68. The van der Waals surface area contributed by atoms with Gasteiger partial charge < -0.3 is 11.1 Å². The molecule has 2 nitrogen and oxygen atoms in total. The van der Waals surface area contributed by atoms with Crippen molar-refractivity contribution in [3.63, 3.8) is 0 Å². The molecule has 0 unspecified atom stereocenters. The van der Waals surface area contributed by atoms with Crippen LogP contribution in [-0.4, -0.2) is 6.54 Å². The van der Waals surface area contributed by atoms with Gasteiger partial charge in [0.25, 0.3) is 0 Å². The SMILES string of the molecule is Nc1ccccc1NCCc1csc2ccccc12. The van der Waals surface area contributed by atoms with E-state index in [9.17, 15) is 0 Å². The average Bonchev–Trinajstić information content (AvgIpc) is 2.85. The number of thiophene rings is 1. The van der Waals surface area contributed by atoms with E-state index >= 15 is 0 Å². The average molecular weight is 268 g/mol. The molecule has 0 bridgehead atoms. The van der Waals surface area contributed by atoms with Crippen molar-refractivity contribution in [1.29, 1.82) is 0 Å². The second-order valence-electron chi connectivity index (χ2n) is 4.52. The van der Waals surface area contributed by atoms with Gasteiger partial charge in [0.1, 0.15) is 0 Å². The summed E-state index contributed by atoms with van der Waals surface area (Å²) in [6, 6.07) is 16.4. The van der Waals surface area contributed by atoms with Gasteiger partial charge in [-0.3, -0.25) is 0 Å². The highest BCUT2D eigenvalue weighted by Crippen LogP contribution is 2.26. The van der Waals surface area contributed by atoms with Crippen molar-refractivity contribution in [1.82, 2.24) is 0 Å². The standard InChI is InChI=1S/C16H16N2S/c17-14-6-2-3-7-15(14)18-10-9-12-11-19-16-8-4-1-5-13(12)16/h1-8,11,18H,9-10,17H2. The summed E-state index contributed by atoms with van der Waals surface area (Å²) in [5.41, 5.74) is 9.13. The molecule has 0 aliphatic carbocycles. The van der Waals surface area contributed by atoms with E-state index in [2.05, 4.69) is 35.0 Å². The van der Waals surface area contributed by atoms with Gasteiger partial charge in [0.2, 0.25) is 0 Å². The number of fused-ring (bicyclic) bond motifs is 1. The topological polar surface area (TPSA) is 38.0 Å². The van der Waals surface area contributed by atoms with E-state index in [4.69, 9.17) is 5.73 Å². The molecule has 0 aliphatic rings. The zero-order valence-corrected chi connectivity index (χ0v) is 11.4. The lowest BCUT2D eigenvalue weighted by atomic mass is 10.1. The molecule has 3 aromatic rings. The molecule has 0 fully saturated rings. The number of rotatable bonds is 4. The van der Waals surface area contributed by atoms with Crippen molar-refractivity contribution in [2.75, 3.05) is 17.6 Å². The summed E-state index contributed by atoms with van der Waals surface area (Å²) in [5.74, 6) is 0. The molecule has 96 valence electrons. The van der Waals surface area contributed by atoms with Crippen LogP contribution in [0.1, 0.15) is 5.56 Å². The minimum atomic E-state index is 0.803. The van der Waals surface area contributed by atoms with Crippen molar-refractivity contribution >= 4 is 32.8 Å². The zero-order valence-electron chi connectivity index (χ0n) is 10.6. The van der Waals surface area contributed by atoms with E-state index in [1.807, 2.05) is 35.6 Å². The van der Waals surface area contributed by atoms with E-state index in [1.54, 1.807) is 0 Å². The summed E-state index contributed by atoms with van der Waals surface area (Å²) in [6.45, 7) is 0.898. The van der Waals surface area contributed by atoms with Gasteiger partial charge in [0.05, 0.1) is 11.4 Å². The summed E-state index contributed by atoms with van der Waals surface area (Å²) in [6.07, 6.45) is 1.01. The van der Waals surface area contributed by atoms with E-state index in [1.165, 1.54) is 15.6 Å². The maximum atomic E-state index is 5.91. The summed E-state index contributed by atoms with van der Waals surface area (Å²) < 4.78 is 1.36. The largest absolute Gasteiger partial charge is 0.397 e. The molecule has 0 saturated heterocycles. The van der Waals surface area contributed by atoms with Crippen LogP contribution in [0, 0.1) is 0 Å². The van der Waals surface area contributed by atoms with Crippen LogP contribution in [0.5, 0.6) is 0 Å². The number of hydrogen-bond donors (Lipinski definition) is 2. The quantitative estimate of drug-likeness (QED) is 0.698. The van der Waals surface area contributed by atoms with Crippen molar-refractivity contribution < 1.29 is 0 Å². The third kappa shape index (κ3) is 2.56. The van der Waals surface area contributed by atoms with Crippen LogP contribution in [0.15, 0.2) is 53.9 Å². The molecule has 2 aromatic carbocycles. The van der Waals surface area contributed by atoms with Gasteiger partial charge in [-0.15, -0.1) is 11.3 Å². The fourth-order valence-corrected chi connectivity index (χ4v) is 3.21. The Kier molecular flexibility index (Phi) is 3.38. The number of para-hydroxylation sites is 2. The van der Waals surface area contributed by atoms with Crippen molar-refractivity contribution in [3.8, 4) is 0 Å². The second kappa shape index (κ2) is 5.33. The summed E-state index contributed by atoms with van der Waals surface area (Å²) in [5, 5.41) is 7.02. The molecule has 0 atom stereocenters. The maximum Gasteiger partial charge on any atom is 0.0574 e. The first-order valence-electron chi connectivity index (χ1n) is 6.38. The molecule has 19 heavy (non-hydrogen) atoms. The minimum absolute atomic E-state index is 0.803. The van der Waals surface area contributed by atoms with Gasteiger partial charge in [0.15, 0.2) is 0 Å². The van der Waals surface area contributed by atoms with E-state index < -0.39 is 0 Å². The third-order valence-corrected chi connectivity index (χ3v) is 4.24. The summed E-state index contributed by atoms with van der Waals surface area (Å²) in [4.78, 5) is 0. The maximum absolute atomic E-state index is 5.91. The molecule has 1 heterocycles. The normalized spacial score (nSPS) is 10.7. The van der Waals surface area contributed by atoms with Gasteiger partial charge in [-0.25, -0.2) is 0 Å². The van der Waals surface area contributed by atoms with E-state index in [0.29, 0.717) is 0 Å². The lowest BCUT2D eigenvalue weighted by molar-refractivity contribution is 1.04. The first-order chi connectivity index (χ1) is 9.34. The number of nitrogen functional groups attached to an aromatic ring is 1. The third-order valence-electron chi connectivity index (χ3n) is 3.23. The van der Waals surface area contributed by atoms with Crippen LogP contribution in [0.4, 0.5) is 11.4 Å². The van der Waals surface area contributed by atoms with Crippen LogP contribution < -0.4 is 11.1 Å². The predicted octanol–water partition coefficient (Wildman–Crippen LogP) is 4.14. The Morgan fingerprint density at radius 3 is 2.68 bits per heavy atom. The van der Waals surface area contributed by atoms with Gasteiger partial charge >= 0.3 is 0 Å². The Hall–Kier alpha value is -2.00. The molecule has 0 aliphatic heterocycles. The number of anilines is 2. The Bertz CT molecular complexity index is 688. The molecule has 0 saturated carbocycles. The highest BCUT2D eigenvalue weighted by molar-refractivity contribution is 7.17. The first kappa shape index (κ1) is 12.1. The van der Waals surface area contributed by atoms with Crippen molar-refractivity contribution in [2.24, 2.45) is 0 Å². The van der Waals surface area contributed by atoms with Crippen LogP contribution in [0.3, 0.4) is 0 Å². The molecule has 0 spiro atoms. The van der Waals surface area contributed by atoms with Crippen molar-refractivity contribution in [2.45, 2.75) is 6.42 Å². The lowest BCUT2D eigenvalue weighted by Gasteiger charge is -2.08. The van der Waals surface area contributed by atoms with Crippen LogP contribution in [-0.2, 0) is 6.42 Å². The monoisotopic (exact) mass is 268 g/mol. The minimum Gasteiger partial charge on any atom is -0.397 e. The van der Waals surface area contributed by atoms with Crippen LogP contribution in [0.25, 0.3) is 10.1 Å². The summed E-state index contributed by atoms with van der Waals surface area (Å²) >= 11 is 1.81. The molecule has 0 radical (unpaired) electrons. The van der Waals surface area contributed by atoms with E-state index in [-0.39, 0.29) is 0 Å². The van der Waals surface area contributed by atoms with Gasteiger partial charge in [0, 0.05) is 11.2 Å². The van der Waals surface area contributed by atoms with Crippen LogP contribution in [0.2, 0.25) is 0 Å². The molecule has 1 aromatic heterocycles. The van der Waals surface area contributed by atoms with Gasteiger partial charge in [-0.1, -0.05) is 30.3 Å². The molecule has 0 amide bonds. The lowest BCUT2D eigenvalue weighted by Crippen LogP contribution is -2.06. The molecular weight excluding hydrogens is 252 g/mol. The number of nitrogens with one attached hydrogen (secondary N) is 1. The summed E-state index contributed by atoms with van der Waals surface area (Å²) in [7, 11) is 0. The number of nitrogens with two attached hydrogens (primary N) is 1. The van der Waals surface area contributed by atoms with Gasteiger partial charge in [-0.05, 0) is 40.9 Å². The fraction of sp³-hybridized carbons (Fsp3) is 0.125. The van der Waals surface area contributed by atoms with Gasteiger partial charge in [-0.2, -0.15) is 0 Å². The number of benzene rings is 2. The highest BCUT2D eigenvalue weighted by Gasteiger charge is 2.03. The first-order valence-corrected chi connectivity index (χ1v) is 7.26. The molecular formula is C16H16N2S. The zero-order chi connectivity index (χ0) is 13.1. The van der Waals surface area contributed by atoms with E-state index in [0.717, 1.165) is 24.3 Å².